The molecule has 0 aromatic heterocycles. The number of hydrogen-bond donors (Lipinski definition) is 4. The van der Waals surface area contributed by atoms with E-state index in [4.69, 9.17) is 15.2 Å². The molecule has 0 bridgehead atoms. The second-order valence-corrected chi connectivity index (χ2v) is 15.8. The van der Waals surface area contributed by atoms with E-state index in [9.17, 15) is 24.0 Å². The topological polar surface area (TPSA) is 166 Å². The second kappa shape index (κ2) is 20.0. The van der Waals surface area contributed by atoms with Gasteiger partial charge in [0.15, 0.2) is 5.78 Å². The largest absolute Gasteiger partial charge is 0.497 e. The van der Waals surface area contributed by atoms with Gasteiger partial charge in [-0.3, -0.25) is 19.2 Å². The van der Waals surface area contributed by atoms with Crippen LogP contribution in [-0.4, -0.2) is 72.3 Å². The van der Waals surface area contributed by atoms with Crippen LogP contribution in [-0.2, 0) is 30.3 Å². The molecule has 0 saturated heterocycles. The van der Waals surface area contributed by atoms with E-state index in [0.29, 0.717) is 37.0 Å². The number of hydrogen-bond acceptors (Lipinski definition) is 8. The standard InChI is InChI=1S/C39H62F2N4O7/c1-10-14-29(43-37(50)52-38(6,7)8)39(40,41)35(48)33(45-36(49)32(24(4)5)44-30(46)21-23(2)3)31(26-15-12-11-13-16-26)34(47)28(42)22-25-17-19-27(51-9)20-18-25/h17-20,23-24,26,28-29,31-33H,10-16,21-22,42H2,1-9H3,(H,43,50)(H,44,46)(H,45,49)/t28-,29?,31?,32-,33?/m0/s1. The summed E-state index contributed by atoms with van der Waals surface area (Å²) in [6.07, 6.45) is 2.12. The quantitative estimate of drug-likeness (QED) is 0.136. The lowest BCUT2D eigenvalue weighted by molar-refractivity contribution is -0.156. The Morgan fingerprint density at radius 3 is 2.00 bits per heavy atom. The van der Waals surface area contributed by atoms with Crippen molar-refractivity contribution < 1.29 is 42.2 Å². The molecule has 1 aromatic carbocycles. The lowest BCUT2D eigenvalue weighted by Gasteiger charge is -2.39. The number of benzene rings is 1. The molecule has 0 spiro atoms. The molecule has 0 radical (unpaired) electrons. The van der Waals surface area contributed by atoms with Gasteiger partial charge in [-0.05, 0) is 81.9 Å². The number of nitrogens with one attached hydrogen (secondary N) is 3. The second-order valence-electron chi connectivity index (χ2n) is 15.8. The van der Waals surface area contributed by atoms with E-state index in [1.165, 1.54) is 7.11 Å². The summed E-state index contributed by atoms with van der Waals surface area (Å²) in [6, 6.07) is 0.516. The number of halogens is 2. The Morgan fingerprint density at radius 2 is 1.50 bits per heavy atom. The number of amides is 3. The number of rotatable bonds is 19. The molecule has 0 heterocycles. The molecule has 0 aliphatic heterocycles. The zero-order valence-corrected chi connectivity index (χ0v) is 32.5. The number of ether oxygens (including phenoxy) is 2. The summed E-state index contributed by atoms with van der Waals surface area (Å²) in [6.45, 7) is 13.4. The smallest absolute Gasteiger partial charge is 0.408 e. The van der Waals surface area contributed by atoms with Crippen LogP contribution in [0.1, 0.15) is 112 Å². The van der Waals surface area contributed by atoms with Crippen molar-refractivity contribution in [3.63, 3.8) is 0 Å². The summed E-state index contributed by atoms with van der Waals surface area (Å²) >= 11 is 0. The Morgan fingerprint density at radius 1 is 0.904 bits per heavy atom. The molecular weight excluding hydrogens is 674 g/mol. The number of alkyl halides is 2. The third-order valence-corrected chi connectivity index (χ3v) is 9.30. The van der Waals surface area contributed by atoms with Gasteiger partial charge >= 0.3 is 12.0 Å². The summed E-state index contributed by atoms with van der Waals surface area (Å²) in [4.78, 5) is 68.5. The van der Waals surface area contributed by atoms with E-state index in [-0.39, 0.29) is 31.6 Å². The van der Waals surface area contributed by atoms with E-state index in [1.54, 1.807) is 65.8 Å². The molecule has 1 saturated carbocycles. The van der Waals surface area contributed by atoms with E-state index in [1.807, 2.05) is 13.8 Å². The van der Waals surface area contributed by atoms with E-state index in [2.05, 4.69) is 16.0 Å². The van der Waals surface area contributed by atoms with E-state index in [0.717, 1.165) is 6.42 Å². The minimum absolute atomic E-state index is 0.0163. The third-order valence-electron chi connectivity index (χ3n) is 9.30. The molecule has 52 heavy (non-hydrogen) atoms. The molecular formula is C39H62F2N4O7. The predicted molar refractivity (Wildman–Crippen MR) is 196 cm³/mol. The Hall–Kier alpha value is -3.61. The zero-order chi connectivity index (χ0) is 39.4. The first-order valence-corrected chi connectivity index (χ1v) is 18.6. The van der Waals surface area contributed by atoms with Crippen molar-refractivity contribution in [1.82, 2.24) is 16.0 Å². The third kappa shape index (κ3) is 13.4. The molecule has 1 aliphatic rings. The average Bonchev–Trinajstić information content (AvgIpc) is 3.05. The van der Waals surface area contributed by atoms with Crippen molar-refractivity contribution in [2.45, 2.75) is 149 Å². The van der Waals surface area contributed by atoms with Crippen LogP contribution in [0.5, 0.6) is 5.75 Å². The fourth-order valence-electron chi connectivity index (χ4n) is 6.69. The SMILES string of the molecule is CCCC(NC(=O)OC(C)(C)C)C(F)(F)C(=O)C(NC(=O)[C@@H](NC(=O)CC(C)C)C(C)C)C(C(=O)[C@@H](N)Cc1ccc(OC)cc1)C1CCCCC1. The van der Waals surface area contributed by atoms with Crippen molar-refractivity contribution in [2.24, 2.45) is 29.4 Å². The molecule has 1 aromatic rings. The summed E-state index contributed by atoms with van der Waals surface area (Å²) in [7, 11) is 1.52. The Labute approximate surface area is 308 Å². The van der Waals surface area contributed by atoms with E-state index >= 15 is 8.78 Å². The fraction of sp³-hybridized carbons (Fsp3) is 0.718. The highest BCUT2D eigenvalue weighted by atomic mass is 19.3. The van der Waals surface area contributed by atoms with Gasteiger partial charge in [0.05, 0.1) is 13.2 Å². The number of Topliss-reactive ketones (excluding diaryl/α,β-unsaturated/α-hetero) is 2. The van der Waals surface area contributed by atoms with Crippen molar-refractivity contribution in [1.29, 1.82) is 0 Å². The van der Waals surface area contributed by atoms with Crippen LogP contribution < -0.4 is 26.4 Å². The minimum Gasteiger partial charge on any atom is -0.497 e. The number of carbonyl (C=O) groups is 5. The molecule has 294 valence electrons. The number of nitrogens with two attached hydrogens (primary N) is 1. The van der Waals surface area contributed by atoms with Crippen molar-refractivity contribution >= 4 is 29.5 Å². The first-order valence-electron chi connectivity index (χ1n) is 18.6. The number of ketones is 2. The highest BCUT2D eigenvalue weighted by Crippen LogP contribution is 2.37. The Bertz CT molecular complexity index is 1340. The van der Waals surface area contributed by atoms with Gasteiger partial charge in [-0.1, -0.05) is 72.4 Å². The summed E-state index contributed by atoms with van der Waals surface area (Å²) < 4.78 is 43.8. The summed E-state index contributed by atoms with van der Waals surface area (Å²) in [5, 5.41) is 7.41. The minimum atomic E-state index is -4.24. The predicted octanol–water partition coefficient (Wildman–Crippen LogP) is 5.90. The van der Waals surface area contributed by atoms with Crippen molar-refractivity contribution in [2.75, 3.05) is 7.11 Å². The molecule has 3 amide bonds. The highest BCUT2D eigenvalue weighted by Gasteiger charge is 2.55. The number of methoxy groups -OCH3 is 1. The lowest BCUT2D eigenvalue weighted by atomic mass is 9.70. The number of alkyl carbamates (subject to hydrolysis) is 1. The maximum atomic E-state index is 16.7. The van der Waals surface area contributed by atoms with Gasteiger partial charge in [0, 0.05) is 12.3 Å². The van der Waals surface area contributed by atoms with Gasteiger partial charge in [0.25, 0.3) is 0 Å². The van der Waals surface area contributed by atoms with Gasteiger partial charge in [-0.15, -0.1) is 0 Å². The normalized spacial score (nSPS) is 17.0. The van der Waals surface area contributed by atoms with E-state index < -0.39 is 82.9 Å². The van der Waals surface area contributed by atoms with Gasteiger partial charge in [-0.25, -0.2) is 4.79 Å². The molecule has 3 unspecified atom stereocenters. The van der Waals surface area contributed by atoms with Crippen molar-refractivity contribution in [3.8, 4) is 5.75 Å². The maximum absolute atomic E-state index is 16.7. The molecule has 2 rings (SSSR count). The van der Waals surface area contributed by atoms with Gasteiger partial charge in [0.2, 0.25) is 17.6 Å². The molecule has 5 atom stereocenters. The molecule has 1 fully saturated rings. The first-order chi connectivity index (χ1) is 24.2. The molecule has 13 heteroatoms. The Kier molecular flexibility index (Phi) is 17.1. The van der Waals surface area contributed by atoms with Crippen LogP contribution in [0.15, 0.2) is 24.3 Å². The highest BCUT2D eigenvalue weighted by molar-refractivity contribution is 6.01. The monoisotopic (exact) mass is 736 g/mol. The summed E-state index contributed by atoms with van der Waals surface area (Å²) in [5.41, 5.74) is 6.23. The maximum Gasteiger partial charge on any atom is 0.408 e. The van der Waals surface area contributed by atoms with Gasteiger partial charge in [0.1, 0.15) is 29.5 Å². The molecule has 11 nitrogen and oxygen atoms in total. The van der Waals surface area contributed by atoms with Crippen LogP contribution in [0, 0.1) is 23.7 Å². The lowest BCUT2D eigenvalue weighted by Crippen LogP contribution is -2.64. The van der Waals surface area contributed by atoms with Crippen LogP contribution in [0.4, 0.5) is 13.6 Å². The summed E-state index contributed by atoms with van der Waals surface area (Å²) in [5.74, 6) is -9.72. The van der Waals surface area contributed by atoms with Crippen molar-refractivity contribution in [3.05, 3.63) is 29.8 Å². The average molecular weight is 737 g/mol. The fourth-order valence-corrected chi connectivity index (χ4v) is 6.69. The van der Waals surface area contributed by atoms with Crippen LogP contribution in [0.2, 0.25) is 0 Å². The molecule has 5 N–H and O–H groups in total. The Balaban J connectivity index is 2.67. The molecule has 1 aliphatic carbocycles. The van der Waals surface area contributed by atoms with Gasteiger partial charge in [-0.2, -0.15) is 8.78 Å². The van der Waals surface area contributed by atoms with Gasteiger partial charge < -0.3 is 31.2 Å². The van der Waals surface area contributed by atoms with Crippen LogP contribution in [0.25, 0.3) is 0 Å². The number of carbonyl (C=O) groups excluding carboxylic acids is 5. The zero-order valence-electron chi connectivity index (χ0n) is 32.5. The van der Waals surface area contributed by atoms with Crippen LogP contribution in [0.3, 0.4) is 0 Å². The van der Waals surface area contributed by atoms with Crippen LogP contribution >= 0.6 is 0 Å². The first kappa shape index (κ1) is 44.6.